The van der Waals surface area contributed by atoms with Crippen molar-refractivity contribution < 1.29 is 13.6 Å². The van der Waals surface area contributed by atoms with Crippen molar-refractivity contribution in [2.45, 2.75) is 12.8 Å². The highest BCUT2D eigenvalue weighted by Gasteiger charge is 2.24. The molecule has 1 aliphatic carbocycles. The minimum absolute atomic E-state index is 0.146. The van der Waals surface area contributed by atoms with Crippen LogP contribution in [0.15, 0.2) is 48.4 Å². The molecule has 1 saturated carbocycles. The Hall–Kier alpha value is -3.03. The topological polar surface area (TPSA) is 96.7 Å². The SMILES string of the molecule is C=C(C(=O)c1c[nH]c2ncnc(NCC3CC3)c12)/C(F)=C\C=C(\N)CF. The zero-order valence-corrected chi connectivity index (χ0v) is 14.1. The number of halogens is 2. The molecule has 0 saturated heterocycles. The molecule has 0 bridgehead atoms. The minimum atomic E-state index is -0.903. The lowest BCUT2D eigenvalue weighted by molar-refractivity contribution is 0.103. The monoisotopic (exact) mass is 359 g/mol. The van der Waals surface area contributed by atoms with Crippen molar-refractivity contribution in [2.24, 2.45) is 11.7 Å². The summed E-state index contributed by atoms with van der Waals surface area (Å²) in [5.41, 5.74) is 5.47. The van der Waals surface area contributed by atoms with Gasteiger partial charge in [-0.1, -0.05) is 6.58 Å². The van der Waals surface area contributed by atoms with Crippen molar-refractivity contribution in [1.29, 1.82) is 0 Å². The number of nitrogens with one attached hydrogen (secondary N) is 2. The van der Waals surface area contributed by atoms with E-state index in [1.165, 1.54) is 25.4 Å². The number of anilines is 1. The molecule has 0 aliphatic heterocycles. The molecule has 2 aromatic rings. The van der Waals surface area contributed by atoms with Gasteiger partial charge < -0.3 is 16.0 Å². The van der Waals surface area contributed by atoms with Crippen molar-refractivity contribution in [1.82, 2.24) is 15.0 Å². The first-order chi connectivity index (χ1) is 12.5. The van der Waals surface area contributed by atoms with Crippen LogP contribution in [-0.2, 0) is 0 Å². The van der Waals surface area contributed by atoms with Crippen molar-refractivity contribution in [3.63, 3.8) is 0 Å². The summed E-state index contributed by atoms with van der Waals surface area (Å²) in [6.07, 6.45) is 7.17. The van der Waals surface area contributed by atoms with Gasteiger partial charge in [-0.3, -0.25) is 4.79 Å². The van der Waals surface area contributed by atoms with Gasteiger partial charge in [0.15, 0.2) is 5.78 Å². The number of hydrogen-bond acceptors (Lipinski definition) is 5. The number of ketones is 1. The van der Waals surface area contributed by atoms with E-state index in [0.717, 1.165) is 18.7 Å². The zero-order valence-electron chi connectivity index (χ0n) is 14.1. The number of hydrogen-bond donors (Lipinski definition) is 3. The predicted molar refractivity (Wildman–Crippen MR) is 96.0 cm³/mol. The third-order valence-corrected chi connectivity index (χ3v) is 4.13. The van der Waals surface area contributed by atoms with Crippen molar-refractivity contribution in [3.05, 3.63) is 53.9 Å². The number of rotatable bonds is 8. The first-order valence-electron chi connectivity index (χ1n) is 8.19. The molecule has 6 nitrogen and oxygen atoms in total. The summed E-state index contributed by atoms with van der Waals surface area (Å²) in [6.45, 7) is 3.36. The van der Waals surface area contributed by atoms with E-state index in [9.17, 15) is 13.6 Å². The number of Topliss-reactive ketones (excluding diaryl/α,β-unsaturated/α-hetero) is 1. The van der Waals surface area contributed by atoms with Gasteiger partial charge in [0.1, 0.15) is 30.3 Å². The van der Waals surface area contributed by atoms with Crippen LogP contribution in [0.4, 0.5) is 14.6 Å². The molecule has 0 unspecified atom stereocenters. The Balaban J connectivity index is 1.89. The van der Waals surface area contributed by atoms with Gasteiger partial charge in [-0.25, -0.2) is 18.7 Å². The highest BCUT2D eigenvalue weighted by molar-refractivity contribution is 6.19. The van der Waals surface area contributed by atoms with E-state index in [4.69, 9.17) is 5.73 Å². The van der Waals surface area contributed by atoms with Crippen LogP contribution in [0.2, 0.25) is 0 Å². The third-order valence-electron chi connectivity index (χ3n) is 4.13. The molecule has 1 aliphatic rings. The van der Waals surface area contributed by atoms with E-state index in [-0.39, 0.29) is 16.8 Å². The molecule has 4 N–H and O–H groups in total. The van der Waals surface area contributed by atoms with Crippen LogP contribution in [0, 0.1) is 5.92 Å². The zero-order chi connectivity index (χ0) is 18.7. The van der Waals surface area contributed by atoms with Gasteiger partial charge in [-0.05, 0) is 30.9 Å². The van der Waals surface area contributed by atoms with E-state index >= 15 is 0 Å². The summed E-state index contributed by atoms with van der Waals surface area (Å²) >= 11 is 0. The van der Waals surface area contributed by atoms with Gasteiger partial charge in [-0.15, -0.1) is 0 Å². The molecule has 26 heavy (non-hydrogen) atoms. The van der Waals surface area contributed by atoms with Gasteiger partial charge >= 0.3 is 0 Å². The van der Waals surface area contributed by atoms with Crippen LogP contribution >= 0.6 is 0 Å². The lowest BCUT2D eigenvalue weighted by atomic mass is 10.0. The van der Waals surface area contributed by atoms with Gasteiger partial charge in [0.2, 0.25) is 0 Å². The standard InChI is InChI=1S/C18H19F2N5O/c1-10(14(20)5-4-12(21)6-19)16(26)13-8-23-18-15(13)17(24-9-25-18)22-7-11-2-3-11/h4-5,8-9,11H,1-3,6-7,21H2,(H2,22,23,24,25)/b12-4+,14-5+. The van der Waals surface area contributed by atoms with Crippen LogP contribution in [0.1, 0.15) is 23.2 Å². The Bertz CT molecular complexity index is 911. The van der Waals surface area contributed by atoms with Crippen molar-refractivity contribution in [2.75, 3.05) is 18.5 Å². The number of fused-ring (bicyclic) bond motifs is 1. The maximum absolute atomic E-state index is 14.2. The number of nitrogens with two attached hydrogens (primary N) is 1. The number of aromatic nitrogens is 3. The molecule has 8 heteroatoms. The number of alkyl halides is 1. The number of nitrogens with zero attached hydrogens (tertiary/aromatic N) is 2. The molecule has 0 amide bonds. The normalized spacial score (nSPS) is 15.3. The Morgan fingerprint density at radius 1 is 1.42 bits per heavy atom. The number of allylic oxidation sites excluding steroid dienone is 5. The smallest absolute Gasteiger partial charge is 0.197 e. The summed E-state index contributed by atoms with van der Waals surface area (Å²) < 4.78 is 26.5. The fourth-order valence-corrected chi connectivity index (χ4v) is 2.44. The number of carbonyl (C=O) groups excluding carboxylic acids is 1. The fraction of sp³-hybridized carbons (Fsp3) is 0.278. The fourth-order valence-electron chi connectivity index (χ4n) is 2.44. The van der Waals surface area contributed by atoms with Crippen molar-refractivity contribution in [3.8, 4) is 0 Å². The van der Waals surface area contributed by atoms with Gasteiger partial charge in [0.05, 0.1) is 16.5 Å². The molecule has 2 heterocycles. The van der Waals surface area contributed by atoms with E-state index in [1.807, 2.05) is 0 Å². The summed E-state index contributed by atoms with van der Waals surface area (Å²) in [5, 5.41) is 3.71. The first kappa shape index (κ1) is 17.8. The highest BCUT2D eigenvalue weighted by atomic mass is 19.1. The molecular formula is C18H19F2N5O. The van der Waals surface area contributed by atoms with Crippen LogP contribution in [0.25, 0.3) is 11.0 Å². The lowest BCUT2D eigenvalue weighted by Crippen LogP contribution is -2.08. The number of aromatic amines is 1. The number of carbonyl (C=O) groups is 1. The summed E-state index contributed by atoms with van der Waals surface area (Å²) in [4.78, 5) is 23.9. The van der Waals surface area contributed by atoms with Crippen LogP contribution in [0.5, 0.6) is 0 Å². The number of H-pyrrole nitrogens is 1. The quantitative estimate of drug-likeness (QED) is 0.382. The van der Waals surface area contributed by atoms with E-state index in [0.29, 0.717) is 22.8 Å². The molecule has 136 valence electrons. The summed E-state index contributed by atoms with van der Waals surface area (Å²) in [7, 11) is 0. The van der Waals surface area contributed by atoms with Crippen molar-refractivity contribution >= 4 is 22.6 Å². The third kappa shape index (κ3) is 3.79. The van der Waals surface area contributed by atoms with Crippen LogP contribution in [-0.4, -0.2) is 34.0 Å². The van der Waals surface area contributed by atoms with Crippen LogP contribution < -0.4 is 11.1 Å². The molecule has 0 spiro atoms. The summed E-state index contributed by atoms with van der Waals surface area (Å²) in [6, 6.07) is 0. The summed E-state index contributed by atoms with van der Waals surface area (Å²) in [5.74, 6) is -0.363. The van der Waals surface area contributed by atoms with E-state index in [1.54, 1.807) is 0 Å². The Labute approximate surface area is 148 Å². The second-order valence-electron chi connectivity index (χ2n) is 6.17. The average molecular weight is 359 g/mol. The molecule has 0 atom stereocenters. The second kappa shape index (κ2) is 7.47. The molecule has 2 aromatic heterocycles. The van der Waals surface area contributed by atoms with E-state index in [2.05, 4.69) is 26.8 Å². The van der Waals surface area contributed by atoms with Gasteiger partial charge in [0.25, 0.3) is 0 Å². The van der Waals surface area contributed by atoms with Gasteiger partial charge in [-0.2, -0.15) is 0 Å². The maximum Gasteiger partial charge on any atom is 0.197 e. The largest absolute Gasteiger partial charge is 0.400 e. The maximum atomic E-state index is 14.2. The predicted octanol–water partition coefficient (Wildman–Crippen LogP) is 3.18. The molecule has 0 aromatic carbocycles. The Morgan fingerprint density at radius 2 is 2.19 bits per heavy atom. The first-order valence-corrected chi connectivity index (χ1v) is 8.19. The van der Waals surface area contributed by atoms with E-state index < -0.39 is 18.3 Å². The highest BCUT2D eigenvalue weighted by Crippen LogP contribution is 2.31. The lowest BCUT2D eigenvalue weighted by Gasteiger charge is -2.07. The Morgan fingerprint density at radius 3 is 2.88 bits per heavy atom. The molecule has 0 radical (unpaired) electrons. The molecule has 3 rings (SSSR count). The van der Waals surface area contributed by atoms with Crippen LogP contribution in [0.3, 0.4) is 0 Å². The van der Waals surface area contributed by atoms with Gasteiger partial charge in [0, 0.05) is 18.4 Å². The Kier molecular flexibility index (Phi) is 5.11. The molecular weight excluding hydrogens is 340 g/mol. The second-order valence-corrected chi connectivity index (χ2v) is 6.17. The minimum Gasteiger partial charge on any atom is -0.400 e. The molecule has 1 fully saturated rings. The average Bonchev–Trinajstić information content (AvgIpc) is 3.39.